The Balaban J connectivity index is 0.00000200. The lowest BCUT2D eigenvalue weighted by Crippen LogP contribution is -2.45. The van der Waals surface area contributed by atoms with E-state index < -0.39 is 6.61 Å². The Morgan fingerprint density at radius 3 is 2.80 bits per heavy atom. The van der Waals surface area contributed by atoms with Crippen molar-refractivity contribution in [1.29, 1.82) is 0 Å². The minimum atomic E-state index is -2.94. The number of nitrogens with one attached hydrogen (secondary N) is 2. The number of amides is 1. The third kappa shape index (κ3) is 4.61. The summed E-state index contributed by atoms with van der Waals surface area (Å²) in [5, 5.41) is 5.99. The molecule has 0 bridgehead atoms. The number of rotatable bonds is 4. The zero-order valence-corrected chi connectivity index (χ0v) is 11.6. The second-order valence-corrected chi connectivity index (χ2v) is 4.39. The first-order chi connectivity index (χ1) is 9.16. The van der Waals surface area contributed by atoms with E-state index in [9.17, 15) is 13.6 Å². The summed E-state index contributed by atoms with van der Waals surface area (Å²) in [6.45, 7) is -1.30. The van der Waals surface area contributed by atoms with E-state index in [-0.39, 0.29) is 35.7 Å². The van der Waals surface area contributed by atoms with Gasteiger partial charge in [0.25, 0.3) is 5.91 Å². The molecule has 1 heterocycles. The van der Waals surface area contributed by atoms with Gasteiger partial charge in [0, 0.05) is 12.6 Å². The number of halogens is 3. The second kappa shape index (κ2) is 8.01. The van der Waals surface area contributed by atoms with Crippen molar-refractivity contribution in [3.8, 4) is 5.75 Å². The zero-order chi connectivity index (χ0) is 13.7. The van der Waals surface area contributed by atoms with Crippen LogP contribution >= 0.6 is 12.4 Å². The zero-order valence-electron chi connectivity index (χ0n) is 10.8. The highest BCUT2D eigenvalue weighted by Gasteiger charge is 2.19. The van der Waals surface area contributed by atoms with E-state index in [0.717, 1.165) is 19.4 Å². The maximum atomic E-state index is 12.3. The summed E-state index contributed by atoms with van der Waals surface area (Å²) in [5.74, 6) is -0.483. The molecule has 1 aromatic carbocycles. The number of benzene rings is 1. The van der Waals surface area contributed by atoms with E-state index in [0.29, 0.717) is 6.54 Å². The lowest BCUT2D eigenvalue weighted by molar-refractivity contribution is -0.0501. The Morgan fingerprint density at radius 2 is 2.15 bits per heavy atom. The van der Waals surface area contributed by atoms with Crippen LogP contribution in [0.5, 0.6) is 5.75 Å². The molecule has 1 atom stereocenters. The summed E-state index contributed by atoms with van der Waals surface area (Å²) in [7, 11) is 0. The lowest BCUT2D eigenvalue weighted by Gasteiger charge is -2.24. The maximum absolute atomic E-state index is 12.3. The molecule has 20 heavy (non-hydrogen) atoms. The van der Waals surface area contributed by atoms with Gasteiger partial charge in [0.15, 0.2) is 0 Å². The number of piperidine rings is 1. The minimum absolute atomic E-state index is 0. The van der Waals surface area contributed by atoms with Crippen molar-refractivity contribution in [2.45, 2.75) is 25.5 Å². The SMILES string of the molecule is Cl.O=C(N[C@H]1CCCNC1)c1ccccc1OC(F)F. The van der Waals surface area contributed by atoms with Crippen LogP contribution in [0.25, 0.3) is 0 Å². The number of ether oxygens (including phenoxy) is 1. The second-order valence-electron chi connectivity index (χ2n) is 4.39. The van der Waals surface area contributed by atoms with Crippen LogP contribution in [0.2, 0.25) is 0 Å². The Bertz CT molecular complexity index is 440. The van der Waals surface area contributed by atoms with Crippen LogP contribution in [0, 0.1) is 0 Å². The Labute approximate surface area is 122 Å². The number of hydrogen-bond acceptors (Lipinski definition) is 3. The molecule has 1 aromatic rings. The molecule has 4 nitrogen and oxygen atoms in total. The normalized spacial score (nSPS) is 18.2. The first-order valence-corrected chi connectivity index (χ1v) is 6.22. The van der Waals surface area contributed by atoms with Crippen LogP contribution in [0.3, 0.4) is 0 Å². The summed E-state index contributed by atoms with van der Waals surface area (Å²) in [6.07, 6.45) is 1.87. The van der Waals surface area contributed by atoms with Crippen molar-refractivity contribution in [3.63, 3.8) is 0 Å². The van der Waals surface area contributed by atoms with Gasteiger partial charge in [0.2, 0.25) is 0 Å². The van der Waals surface area contributed by atoms with Crippen LogP contribution in [-0.4, -0.2) is 31.7 Å². The fraction of sp³-hybridized carbons (Fsp3) is 0.462. The molecule has 0 spiro atoms. The number of carbonyl (C=O) groups is 1. The van der Waals surface area contributed by atoms with Gasteiger partial charge in [-0.1, -0.05) is 12.1 Å². The first kappa shape index (κ1) is 16.7. The molecule has 0 aliphatic carbocycles. The van der Waals surface area contributed by atoms with Crippen molar-refractivity contribution in [3.05, 3.63) is 29.8 Å². The Hall–Kier alpha value is -1.40. The fourth-order valence-corrected chi connectivity index (χ4v) is 2.09. The van der Waals surface area contributed by atoms with Gasteiger partial charge < -0.3 is 15.4 Å². The number of alkyl halides is 2. The van der Waals surface area contributed by atoms with E-state index >= 15 is 0 Å². The van der Waals surface area contributed by atoms with Crippen LogP contribution in [0.1, 0.15) is 23.2 Å². The first-order valence-electron chi connectivity index (χ1n) is 6.22. The highest BCUT2D eigenvalue weighted by Crippen LogP contribution is 2.20. The van der Waals surface area contributed by atoms with Crippen molar-refractivity contribution in [1.82, 2.24) is 10.6 Å². The molecule has 1 amide bonds. The highest BCUT2D eigenvalue weighted by molar-refractivity contribution is 5.97. The van der Waals surface area contributed by atoms with Crippen LogP contribution in [-0.2, 0) is 0 Å². The number of para-hydroxylation sites is 1. The van der Waals surface area contributed by atoms with Crippen LogP contribution in [0.15, 0.2) is 24.3 Å². The molecule has 1 aliphatic rings. The average molecular weight is 307 g/mol. The Kier molecular flexibility index (Phi) is 6.67. The monoisotopic (exact) mass is 306 g/mol. The van der Waals surface area contributed by atoms with Gasteiger partial charge in [-0.05, 0) is 31.5 Å². The summed E-state index contributed by atoms with van der Waals surface area (Å²) in [4.78, 5) is 12.1. The van der Waals surface area contributed by atoms with Gasteiger partial charge in [0.1, 0.15) is 5.75 Å². The van der Waals surface area contributed by atoms with Gasteiger partial charge in [-0.3, -0.25) is 4.79 Å². The molecule has 0 aromatic heterocycles. The van der Waals surface area contributed by atoms with Crippen molar-refractivity contribution in [2.24, 2.45) is 0 Å². The predicted octanol–water partition coefficient (Wildman–Crippen LogP) is 2.19. The van der Waals surface area contributed by atoms with Crippen molar-refractivity contribution in [2.75, 3.05) is 13.1 Å². The standard InChI is InChI=1S/C13H16F2N2O2.ClH/c14-13(15)19-11-6-2-1-5-10(11)12(18)17-9-4-3-7-16-8-9;/h1-2,5-6,9,13,16H,3-4,7-8H2,(H,17,18);1H/t9-;/m0./s1. The average Bonchev–Trinajstić information content (AvgIpc) is 2.39. The summed E-state index contributed by atoms with van der Waals surface area (Å²) in [6, 6.07) is 6.04. The molecule has 2 N–H and O–H groups in total. The largest absolute Gasteiger partial charge is 0.434 e. The molecule has 0 unspecified atom stereocenters. The molecule has 2 rings (SSSR count). The van der Waals surface area contributed by atoms with Gasteiger partial charge >= 0.3 is 6.61 Å². The van der Waals surface area contributed by atoms with Crippen molar-refractivity contribution >= 4 is 18.3 Å². The fourth-order valence-electron chi connectivity index (χ4n) is 2.09. The minimum Gasteiger partial charge on any atom is -0.434 e. The van der Waals surface area contributed by atoms with Gasteiger partial charge in [-0.2, -0.15) is 8.78 Å². The van der Waals surface area contributed by atoms with E-state index in [1.807, 2.05) is 0 Å². The molecule has 1 saturated heterocycles. The van der Waals surface area contributed by atoms with Crippen molar-refractivity contribution < 1.29 is 18.3 Å². The molecule has 1 aliphatic heterocycles. The van der Waals surface area contributed by atoms with Gasteiger partial charge in [-0.15, -0.1) is 12.4 Å². The molecular formula is C13H17ClF2N2O2. The maximum Gasteiger partial charge on any atom is 0.387 e. The Morgan fingerprint density at radius 1 is 1.40 bits per heavy atom. The number of hydrogen-bond donors (Lipinski definition) is 2. The molecule has 7 heteroatoms. The molecule has 1 fully saturated rings. The number of carbonyl (C=O) groups excluding carboxylic acids is 1. The van der Waals surface area contributed by atoms with E-state index in [4.69, 9.17) is 0 Å². The van der Waals surface area contributed by atoms with Crippen LogP contribution < -0.4 is 15.4 Å². The smallest absolute Gasteiger partial charge is 0.387 e. The topological polar surface area (TPSA) is 50.4 Å². The van der Waals surface area contributed by atoms with Crippen LogP contribution in [0.4, 0.5) is 8.78 Å². The summed E-state index contributed by atoms with van der Waals surface area (Å²) < 4.78 is 28.9. The molecule has 0 saturated carbocycles. The third-order valence-corrected chi connectivity index (χ3v) is 2.98. The molecule has 112 valence electrons. The van der Waals surface area contributed by atoms with E-state index in [2.05, 4.69) is 15.4 Å². The summed E-state index contributed by atoms with van der Waals surface area (Å²) in [5.41, 5.74) is 0.133. The van der Waals surface area contributed by atoms with E-state index in [1.165, 1.54) is 12.1 Å². The highest BCUT2D eigenvalue weighted by atomic mass is 35.5. The third-order valence-electron chi connectivity index (χ3n) is 2.98. The molecule has 0 radical (unpaired) electrons. The lowest BCUT2D eigenvalue weighted by atomic mass is 10.1. The quantitative estimate of drug-likeness (QED) is 0.896. The summed E-state index contributed by atoms with van der Waals surface area (Å²) >= 11 is 0. The predicted molar refractivity (Wildman–Crippen MR) is 73.7 cm³/mol. The molecular weight excluding hydrogens is 290 g/mol. The van der Waals surface area contributed by atoms with Gasteiger partial charge in [-0.25, -0.2) is 0 Å². The van der Waals surface area contributed by atoms with Gasteiger partial charge in [0.05, 0.1) is 5.56 Å². The van der Waals surface area contributed by atoms with E-state index in [1.54, 1.807) is 12.1 Å².